The topological polar surface area (TPSA) is 136 Å². The van der Waals surface area contributed by atoms with Crippen molar-refractivity contribution in [3.8, 4) is 6.07 Å². The summed E-state index contributed by atoms with van der Waals surface area (Å²) in [5.41, 5.74) is 5.66. The number of nitro benzene ring substituents is 1. The van der Waals surface area contributed by atoms with Gasteiger partial charge in [-0.1, -0.05) is 42.5 Å². The second kappa shape index (κ2) is 6.17. The van der Waals surface area contributed by atoms with E-state index in [0.29, 0.717) is 0 Å². The first-order valence-electron chi connectivity index (χ1n) is 8.19. The smallest absolute Gasteiger partial charge is 0.273 e. The van der Waals surface area contributed by atoms with Gasteiger partial charge in [0.1, 0.15) is 11.6 Å². The first-order valence-corrected chi connectivity index (χ1v) is 8.19. The Morgan fingerprint density at radius 3 is 2.29 bits per heavy atom. The van der Waals surface area contributed by atoms with Gasteiger partial charge in [-0.2, -0.15) is 5.26 Å². The summed E-state index contributed by atoms with van der Waals surface area (Å²) in [7, 11) is 0. The van der Waals surface area contributed by atoms with Gasteiger partial charge in [-0.15, -0.1) is 0 Å². The number of nitriles is 1. The monoisotopic (exact) mass is 373 g/mol. The van der Waals surface area contributed by atoms with Crippen molar-refractivity contribution in [2.45, 2.75) is 5.92 Å². The number of nitrogens with two attached hydrogens (primary N) is 1. The van der Waals surface area contributed by atoms with Crippen molar-refractivity contribution in [2.75, 3.05) is 0 Å². The van der Waals surface area contributed by atoms with Crippen LogP contribution in [0.3, 0.4) is 0 Å². The van der Waals surface area contributed by atoms with Crippen molar-refractivity contribution in [1.82, 2.24) is 0 Å². The summed E-state index contributed by atoms with van der Waals surface area (Å²) in [6, 6.07) is 13.8. The second-order valence-electron chi connectivity index (χ2n) is 6.19. The van der Waals surface area contributed by atoms with Crippen LogP contribution in [0.2, 0.25) is 0 Å². The van der Waals surface area contributed by atoms with Gasteiger partial charge in [0.15, 0.2) is 11.5 Å². The fourth-order valence-electron chi connectivity index (χ4n) is 3.52. The zero-order valence-corrected chi connectivity index (χ0v) is 14.2. The summed E-state index contributed by atoms with van der Waals surface area (Å²) in [6.45, 7) is 0. The molecule has 136 valence electrons. The van der Waals surface area contributed by atoms with E-state index in [-0.39, 0.29) is 45.2 Å². The van der Waals surface area contributed by atoms with Crippen LogP contribution < -0.4 is 5.73 Å². The fourth-order valence-corrected chi connectivity index (χ4v) is 3.52. The van der Waals surface area contributed by atoms with E-state index in [9.17, 15) is 25.0 Å². The molecule has 28 heavy (non-hydrogen) atoms. The van der Waals surface area contributed by atoms with Gasteiger partial charge in [0.2, 0.25) is 11.7 Å². The molecule has 0 aromatic heterocycles. The SMILES string of the molecule is N#CC1=C(N)OC2=C(C(=O)c3ccccc3C2=O)C1c1ccccc1[N+](=O)[O-]. The summed E-state index contributed by atoms with van der Waals surface area (Å²) in [6.07, 6.45) is 0. The largest absolute Gasteiger partial charge is 0.436 e. The Hall–Kier alpha value is -4.25. The first-order chi connectivity index (χ1) is 13.5. The average molecular weight is 373 g/mol. The Balaban J connectivity index is 2.03. The van der Waals surface area contributed by atoms with Crippen LogP contribution in [0.1, 0.15) is 32.2 Å². The maximum absolute atomic E-state index is 13.2. The van der Waals surface area contributed by atoms with Crippen molar-refractivity contribution in [2.24, 2.45) is 5.73 Å². The number of ether oxygens (including phenoxy) is 1. The highest BCUT2D eigenvalue weighted by atomic mass is 16.6. The highest BCUT2D eigenvalue weighted by Gasteiger charge is 2.45. The number of carbonyl (C=O) groups is 2. The lowest BCUT2D eigenvalue weighted by Crippen LogP contribution is -2.32. The number of Topliss-reactive ketones (excluding diaryl/α,β-unsaturated/α-hetero) is 2. The normalized spacial score (nSPS) is 18.2. The van der Waals surface area contributed by atoms with Gasteiger partial charge in [0.05, 0.1) is 16.4 Å². The summed E-state index contributed by atoms with van der Waals surface area (Å²) in [5.74, 6) is -2.93. The number of ketones is 2. The lowest BCUT2D eigenvalue weighted by Gasteiger charge is -2.30. The minimum atomic E-state index is -1.18. The number of nitro groups is 1. The molecule has 1 unspecified atom stereocenters. The molecule has 1 aliphatic carbocycles. The predicted molar refractivity (Wildman–Crippen MR) is 95.9 cm³/mol. The summed E-state index contributed by atoms with van der Waals surface area (Å²) in [5, 5.41) is 21.1. The molecule has 0 amide bonds. The van der Waals surface area contributed by atoms with E-state index >= 15 is 0 Å². The van der Waals surface area contributed by atoms with Crippen LogP contribution in [-0.2, 0) is 4.74 Å². The molecule has 0 spiro atoms. The quantitative estimate of drug-likeness (QED) is 0.631. The van der Waals surface area contributed by atoms with Gasteiger partial charge in [-0.05, 0) is 0 Å². The van der Waals surface area contributed by atoms with E-state index in [4.69, 9.17) is 10.5 Å². The highest BCUT2D eigenvalue weighted by molar-refractivity contribution is 6.27. The third-order valence-electron chi connectivity index (χ3n) is 4.73. The number of rotatable bonds is 2. The van der Waals surface area contributed by atoms with E-state index in [2.05, 4.69) is 0 Å². The Morgan fingerprint density at radius 2 is 1.64 bits per heavy atom. The average Bonchev–Trinajstić information content (AvgIpc) is 2.71. The Labute approximate surface area is 158 Å². The van der Waals surface area contributed by atoms with Crippen LogP contribution >= 0.6 is 0 Å². The van der Waals surface area contributed by atoms with E-state index in [1.165, 1.54) is 30.3 Å². The number of benzene rings is 2. The molecular weight excluding hydrogens is 362 g/mol. The summed E-state index contributed by atoms with van der Waals surface area (Å²) >= 11 is 0. The zero-order valence-electron chi connectivity index (χ0n) is 14.2. The minimum absolute atomic E-state index is 0.0864. The number of allylic oxidation sites excluding steroid dienone is 3. The van der Waals surface area contributed by atoms with Crippen molar-refractivity contribution < 1.29 is 19.2 Å². The lowest BCUT2D eigenvalue weighted by atomic mass is 9.75. The molecule has 0 radical (unpaired) electrons. The van der Waals surface area contributed by atoms with Crippen molar-refractivity contribution >= 4 is 17.3 Å². The van der Waals surface area contributed by atoms with Gasteiger partial charge in [-0.25, -0.2) is 0 Å². The second-order valence-corrected chi connectivity index (χ2v) is 6.19. The number of hydrogen-bond donors (Lipinski definition) is 1. The van der Waals surface area contributed by atoms with Gasteiger partial charge >= 0.3 is 0 Å². The maximum atomic E-state index is 13.2. The molecule has 0 fully saturated rings. The van der Waals surface area contributed by atoms with Crippen molar-refractivity contribution in [1.29, 1.82) is 5.26 Å². The van der Waals surface area contributed by atoms with Gasteiger partial charge in [-0.3, -0.25) is 19.7 Å². The molecular formula is C20H11N3O5. The number of fused-ring (bicyclic) bond motifs is 1. The van der Waals surface area contributed by atoms with Crippen LogP contribution in [0.25, 0.3) is 0 Å². The molecule has 1 atom stereocenters. The van der Waals surface area contributed by atoms with E-state index in [1.54, 1.807) is 18.2 Å². The molecule has 0 saturated heterocycles. The van der Waals surface area contributed by atoms with Gasteiger partial charge in [0, 0.05) is 22.8 Å². The van der Waals surface area contributed by atoms with Gasteiger partial charge in [0.25, 0.3) is 5.69 Å². The highest BCUT2D eigenvalue weighted by Crippen LogP contribution is 2.46. The first kappa shape index (κ1) is 17.2. The minimum Gasteiger partial charge on any atom is -0.436 e. The third kappa shape index (κ3) is 2.30. The molecule has 2 aromatic carbocycles. The number of para-hydroxylation sites is 1. The molecule has 2 aliphatic rings. The fraction of sp³-hybridized carbons (Fsp3) is 0.0500. The molecule has 4 rings (SSSR count). The standard InChI is InChI=1S/C20H11N3O5/c21-9-13-15(12-7-3-4-8-14(12)23(26)27)16-17(24)10-5-1-2-6-11(10)18(25)19(16)28-20(13)22/h1-8,15H,22H2. The van der Waals surface area contributed by atoms with E-state index in [0.717, 1.165) is 0 Å². The molecule has 1 aliphatic heterocycles. The number of nitrogens with zero attached hydrogens (tertiary/aromatic N) is 2. The van der Waals surface area contributed by atoms with E-state index < -0.39 is 22.4 Å². The van der Waals surface area contributed by atoms with Crippen LogP contribution in [0.15, 0.2) is 71.3 Å². The molecule has 0 saturated carbocycles. The maximum Gasteiger partial charge on any atom is 0.273 e. The molecule has 2 N–H and O–H groups in total. The molecule has 0 bridgehead atoms. The number of hydrogen-bond acceptors (Lipinski definition) is 7. The summed E-state index contributed by atoms with van der Waals surface area (Å²) in [4.78, 5) is 37.0. The Bertz CT molecular complexity index is 1190. The molecule has 1 heterocycles. The Morgan fingerprint density at radius 1 is 1.04 bits per heavy atom. The third-order valence-corrected chi connectivity index (χ3v) is 4.73. The number of carbonyl (C=O) groups excluding carboxylic acids is 2. The molecule has 2 aromatic rings. The van der Waals surface area contributed by atoms with E-state index in [1.807, 2.05) is 6.07 Å². The van der Waals surface area contributed by atoms with Crippen LogP contribution in [-0.4, -0.2) is 16.5 Å². The molecule has 8 heteroatoms. The van der Waals surface area contributed by atoms with Gasteiger partial charge < -0.3 is 10.5 Å². The zero-order chi connectivity index (χ0) is 20.0. The van der Waals surface area contributed by atoms with Crippen LogP contribution in [0.5, 0.6) is 0 Å². The molecule has 8 nitrogen and oxygen atoms in total. The predicted octanol–water partition coefficient (Wildman–Crippen LogP) is 2.74. The lowest BCUT2D eigenvalue weighted by molar-refractivity contribution is -0.385. The van der Waals surface area contributed by atoms with Crippen LogP contribution in [0, 0.1) is 21.4 Å². The van der Waals surface area contributed by atoms with Crippen molar-refractivity contribution in [3.05, 3.63) is 98.1 Å². The Kier molecular flexibility index (Phi) is 3.79. The van der Waals surface area contributed by atoms with Crippen molar-refractivity contribution in [3.63, 3.8) is 0 Å². The summed E-state index contributed by atoms with van der Waals surface area (Å²) < 4.78 is 5.36. The van der Waals surface area contributed by atoms with Crippen LogP contribution in [0.4, 0.5) is 5.69 Å².